The smallest absolute Gasteiger partial charge is 0.387 e. The van der Waals surface area contributed by atoms with Crippen molar-refractivity contribution in [3.05, 3.63) is 109 Å². The highest BCUT2D eigenvalue weighted by Gasteiger charge is 2.27. The first-order chi connectivity index (χ1) is 36.5. The number of phosphoric acid groups is 1. The van der Waals surface area contributed by atoms with Gasteiger partial charge < -0.3 is 19.8 Å². The molecule has 3 unspecified atom stereocenters. The second kappa shape index (κ2) is 55.9. The van der Waals surface area contributed by atoms with Gasteiger partial charge >= 0.3 is 7.82 Å². The number of carbonyl (C=O) groups excluding carboxylic acids is 1. The minimum atomic E-state index is -4.36. The third-order valence-corrected chi connectivity index (χ3v) is 14.2. The molecule has 1 amide bonds. The Hall–Kier alpha value is -2.84. The molecule has 8 nitrogen and oxygen atoms in total. The first-order valence-corrected chi connectivity index (χ1v) is 32.3. The monoisotopic (exact) mass is 1070 g/mol. The summed E-state index contributed by atoms with van der Waals surface area (Å²) in [6.45, 7) is 4.67. The van der Waals surface area contributed by atoms with Crippen molar-refractivity contribution in [1.82, 2.24) is 5.32 Å². The Labute approximate surface area is 463 Å². The van der Waals surface area contributed by atoms with Gasteiger partial charge in [-0.25, -0.2) is 4.57 Å². The van der Waals surface area contributed by atoms with E-state index >= 15 is 0 Å². The van der Waals surface area contributed by atoms with Gasteiger partial charge in [-0.05, 0) is 89.9 Å². The lowest BCUT2D eigenvalue weighted by Crippen LogP contribution is -2.45. The minimum Gasteiger partial charge on any atom is -0.387 e. The topological polar surface area (TPSA) is 105 Å². The summed E-state index contributed by atoms with van der Waals surface area (Å²) in [6, 6.07) is -0.867. The summed E-state index contributed by atoms with van der Waals surface area (Å²) in [5.41, 5.74) is 0. The van der Waals surface area contributed by atoms with E-state index in [-0.39, 0.29) is 19.1 Å². The molecular weight excluding hydrogens is 948 g/mol. The van der Waals surface area contributed by atoms with Crippen LogP contribution in [0.5, 0.6) is 0 Å². The maximum Gasteiger partial charge on any atom is 0.472 e. The summed E-state index contributed by atoms with van der Waals surface area (Å²) in [4.78, 5) is 23.3. The fraction of sp³-hybridized carbons (Fsp3) is 0.712. The van der Waals surface area contributed by atoms with Crippen molar-refractivity contribution in [1.29, 1.82) is 0 Å². The van der Waals surface area contributed by atoms with Crippen molar-refractivity contribution in [2.45, 2.75) is 264 Å². The second-order valence-corrected chi connectivity index (χ2v) is 23.1. The van der Waals surface area contributed by atoms with E-state index in [0.29, 0.717) is 17.4 Å². The average molecular weight is 1070 g/mol. The van der Waals surface area contributed by atoms with Crippen molar-refractivity contribution in [2.24, 2.45) is 0 Å². The quantitative estimate of drug-likeness (QED) is 0.0243. The van der Waals surface area contributed by atoms with Crippen molar-refractivity contribution in [3.63, 3.8) is 0 Å². The zero-order valence-corrected chi connectivity index (χ0v) is 50.1. The predicted octanol–water partition coefficient (Wildman–Crippen LogP) is 19.2. The molecule has 0 aliphatic rings. The van der Waals surface area contributed by atoms with E-state index in [0.717, 1.165) is 83.5 Å². The number of quaternary nitrogens is 1. The van der Waals surface area contributed by atoms with Crippen LogP contribution in [-0.2, 0) is 18.4 Å². The lowest BCUT2D eigenvalue weighted by molar-refractivity contribution is -0.870. The molecule has 3 atom stereocenters. The molecule has 0 aromatic carbocycles. The minimum absolute atomic E-state index is 0.0533. The number of amides is 1. The number of likely N-dealkylation sites (N-methyl/N-ethyl adjacent to an activating group) is 1. The van der Waals surface area contributed by atoms with Crippen LogP contribution in [-0.4, -0.2) is 73.4 Å². The molecule has 0 saturated heterocycles. The Kier molecular flexibility index (Phi) is 53.8. The van der Waals surface area contributed by atoms with E-state index in [1.54, 1.807) is 6.08 Å². The van der Waals surface area contributed by atoms with E-state index in [2.05, 4.69) is 116 Å². The van der Waals surface area contributed by atoms with Crippen LogP contribution in [0.25, 0.3) is 0 Å². The zero-order chi connectivity index (χ0) is 54.9. The molecule has 0 bridgehead atoms. The Morgan fingerprint density at radius 1 is 0.467 bits per heavy atom. The molecule has 0 radical (unpaired) electrons. The molecule has 3 N–H and O–H groups in total. The molecule has 0 saturated carbocycles. The van der Waals surface area contributed by atoms with E-state index in [9.17, 15) is 19.4 Å². The van der Waals surface area contributed by atoms with Gasteiger partial charge in [0, 0.05) is 6.42 Å². The Morgan fingerprint density at radius 3 is 1.23 bits per heavy atom. The molecule has 0 heterocycles. The first kappa shape index (κ1) is 72.2. The molecule has 0 aromatic heterocycles. The summed E-state index contributed by atoms with van der Waals surface area (Å²) in [5, 5.41) is 13.9. The standard InChI is InChI=1S/C66H117N2O6P/c1-6-8-10-12-14-16-18-20-22-23-24-25-26-27-28-29-30-31-32-33-34-35-36-37-38-39-40-41-42-43-44-45-46-48-50-52-54-56-58-60-66(70)67-64(63-74-75(71,72)73-62-61-68(3,4)5)65(69)59-57-55-53-51-49-47-21-19-17-15-13-11-9-7-2/h8,10,14,16,20,22,24-25,27-28,30-31,33-34,49,51,57,59,64-65,69H,6-7,9,11-13,15,17-19,21,23,26,29,32,35-48,50,52-56,58,60-63H2,1-5H3,(H-,67,70,71,72)/p+1/b10-8-,16-14-,22-20-,25-24-,28-27-,31-30-,34-33-,51-49+,59-57+. The SMILES string of the molecule is CC/C=C\C/C=C\C/C=C\C/C=C\C/C=C\C/C=C\C/C=C\CCCCCCCCCCCCCCCCCCCC(=O)NC(COP(=O)(O)OCC[N+](C)(C)C)C(O)/C=C/CC/C=C/CCCCCCCCCC. The normalized spacial score (nSPS) is 14.6. The van der Waals surface area contributed by atoms with E-state index in [1.165, 1.54) is 148 Å². The molecule has 0 rings (SSSR count). The highest BCUT2D eigenvalue weighted by Crippen LogP contribution is 2.43. The fourth-order valence-corrected chi connectivity index (χ4v) is 9.19. The largest absolute Gasteiger partial charge is 0.472 e. The van der Waals surface area contributed by atoms with Gasteiger partial charge in [-0.15, -0.1) is 0 Å². The van der Waals surface area contributed by atoms with Crippen LogP contribution in [0.1, 0.15) is 251 Å². The number of nitrogens with zero attached hydrogens (tertiary/aromatic N) is 1. The van der Waals surface area contributed by atoms with Crippen LogP contribution in [0, 0.1) is 0 Å². The lowest BCUT2D eigenvalue weighted by atomic mass is 10.0. The van der Waals surface area contributed by atoms with Crippen molar-refractivity contribution < 1.29 is 32.9 Å². The molecule has 432 valence electrons. The van der Waals surface area contributed by atoms with Gasteiger partial charge in [0.1, 0.15) is 13.2 Å². The number of aliphatic hydroxyl groups is 1. The molecule has 0 aliphatic heterocycles. The molecule has 9 heteroatoms. The average Bonchev–Trinajstić information content (AvgIpc) is 3.37. The van der Waals surface area contributed by atoms with Crippen molar-refractivity contribution in [2.75, 3.05) is 40.9 Å². The highest BCUT2D eigenvalue weighted by molar-refractivity contribution is 7.47. The Morgan fingerprint density at radius 2 is 0.813 bits per heavy atom. The number of nitrogens with one attached hydrogen (secondary N) is 1. The molecule has 0 fully saturated rings. The number of carbonyl (C=O) groups is 1. The van der Waals surface area contributed by atoms with Gasteiger partial charge in [0.2, 0.25) is 5.91 Å². The van der Waals surface area contributed by atoms with Gasteiger partial charge in [-0.1, -0.05) is 264 Å². The Bertz CT molecular complexity index is 1590. The van der Waals surface area contributed by atoms with Gasteiger partial charge in [0.25, 0.3) is 0 Å². The number of allylic oxidation sites excluding steroid dienone is 17. The molecular formula is C66H118N2O6P+. The maximum absolute atomic E-state index is 13.0. The molecule has 0 spiro atoms. The number of hydrogen-bond donors (Lipinski definition) is 3. The summed E-state index contributed by atoms with van der Waals surface area (Å²) in [7, 11) is 1.55. The number of aliphatic hydroxyl groups excluding tert-OH is 1. The van der Waals surface area contributed by atoms with Crippen LogP contribution in [0.3, 0.4) is 0 Å². The second-order valence-electron chi connectivity index (χ2n) is 21.7. The first-order valence-electron chi connectivity index (χ1n) is 30.8. The fourth-order valence-electron chi connectivity index (χ4n) is 8.45. The van der Waals surface area contributed by atoms with E-state index in [4.69, 9.17) is 9.05 Å². The lowest BCUT2D eigenvalue weighted by Gasteiger charge is -2.25. The van der Waals surface area contributed by atoms with Gasteiger partial charge in [0.05, 0.1) is 39.9 Å². The predicted molar refractivity (Wildman–Crippen MR) is 327 cm³/mol. The van der Waals surface area contributed by atoms with Gasteiger partial charge in [-0.2, -0.15) is 0 Å². The molecule has 0 aliphatic carbocycles. The van der Waals surface area contributed by atoms with Crippen LogP contribution in [0.4, 0.5) is 0 Å². The number of rotatable bonds is 55. The van der Waals surface area contributed by atoms with Gasteiger partial charge in [-0.3, -0.25) is 13.8 Å². The number of phosphoric ester groups is 1. The van der Waals surface area contributed by atoms with Crippen LogP contribution >= 0.6 is 7.82 Å². The zero-order valence-electron chi connectivity index (χ0n) is 49.3. The summed E-state index contributed by atoms with van der Waals surface area (Å²) >= 11 is 0. The summed E-state index contributed by atoms with van der Waals surface area (Å²) < 4.78 is 23.7. The third-order valence-electron chi connectivity index (χ3n) is 13.2. The highest BCUT2D eigenvalue weighted by atomic mass is 31.2. The van der Waals surface area contributed by atoms with Crippen LogP contribution < -0.4 is 5.32 Å². The van der Waals surface area contributed by atoms with Crippen molar-refractivity contribution in [3.8, 4) is 0 Å². The third kappa shape index (κ3) is 58.7. The Balaban J connectivity index is 4.01. The van der Waals surface area contributed by atoms with Gasteiger partial charge in [0.15, 0.2) is 0 Å². The van der Waals surface area contributed by atoms with E-state index < -0.39 is 20.0 Å². The maximum atomic E-state index is 13.0. The van der Waals surface area contributed by atoms with Crippen LogP contribution in [0.2, 0.25) is 0 Å². The number of unbranched alkanes of at least 4 members (excludes halogenated alkanes) is 26. The number of hydrogen-bond acceptors (Lipinski definition) is 5. The van der Waals surface area contributed by atoms with Crippen molar-refractivity contribution >= 4 is 13.7 Å². The van der Waals surface area contributed by atoms with E-state index in [1.807, 2.05) is 27.2 Å². The van der Waals surface area contributed by atoms with Crippen LogP contribution in [0.15, 0.2) is 109 Å². The molecule has 75 heavy (non-hydrogen) atoms. The molecule has 0 aromatic rings. The summed E-state index contributed by atoms with van der Waals surface area (Å²) in [5.74, 6) is -0.189. The summed E-state index contributed by atoms with van der Waals surface area (Å²) in [6.07, 6.45) is 82.1.